The fourth-order valence-electron chi connectivity index (χ4n) is 3.31. The van der Waals surface area contributed by atoms with Crippen LogP contribution in [0.3, 0.4) is 0 Å². The van der Waals surface area contributed by atoms with Crippen LogP contribution in [0.15, 0.2) is 46.9 Å². The van der Waals surface area contributed by atoms with Gasteiger partial charge in [-0.1, -0.05) is 34.1 Å². The Morgan fingerprint density at radius 2 is 1.88 bits per heavy atom. The molecule has 0 N–H and O–H groups in total. The second-order valence-corrected chi connectivity index (χ2v) is 7.25. The summed E-state index contributed by atoms with van der Waals surface area (Å²) in [5.74, 6) is -0.216. The summed E-state index contributed by atoms with van der Waals surface area (Å²) in [6.07, 6.45) is 1.89. The Balaban J connectivity index is 0.00000208. The van der Waals surface area contributed by atoms with Gasteiger partial charge in [-0.05, 0) is 74.4 Å². The molecular weight excluding hydrogens is 437 g/mol. The van der Waals surface area contributed by atoms with Crippen molar-refractivity contribution in [3.63, 3.8) is 0 Å². The van der Waals surface area contributed by atoms with Crippen LogP contribution < -0.4 is 0 Å². The number of benzene rings is 2. The number of nitrogens with zero attached hydrogens (tertiary/aromatic N) is 1. The Morgan fingerprint density at radius 1 is 1.17 bits per heavy atom. The monoisotopic (exact) mass is 457 g/mol. The minimum absolute atomic E-state index is 0. The Kier molecular flexibility index (Phi) is 6.59. The standard InChI is InChI=1S/C19H21BrFNO.BrH/c1-22(2)11-3-10-19(15-4-7-17(21)8-5-15)18-9-6-16(20)12-14(18)13-23-19;/h4-9,12H,3,10-11,13H2,1-2H3;1H. The molecule has 1 aliphatic heterocycles. The lowest BCUT2D eigenvalue weighted by atomic mass is 9.82. The SMILES string of the molecule is Br.CN(C)CCCC1(c2ccc(F)cc2)OCc2cc(Br)ccc21. The fourth-order valence-corrected chi connectivity index (χ4v) is 3.72. The van der Waals surface area contributed by atoms with Crippen molar-refractivity contribution in [2.45, 2.75) is 25.0 Å². The second kappa shape index (κ2) is 8.09. The third kappa shape index (κ3) is 3.90. The predicted molar refractivity (Wildman–Crippen MR) is 104 cm³/mol. The number of ether oxygens (including phenoxy) is 1. The van der Waals surface area contributed by atoms with Crippen molar-refractivity contribution >= 4 is 32.9 Å². The van der Waals surface area contributed by atoms with Gasteiger partial charge in [0, 0.05) is 4.47 Å². The van der Waals surface area contributed by atoms with Crippen molar-refractivity contribution in [2.75, 3.05) is 20.6 Å². The van der Waals surface area contributed by atoms with Gasteiger partial charge in [0.05, 0.1) is 6.61 Å². The first-order valence-electron chi connectivity index (χ1n) is 7.85. The van der Waals surface area contributed by atoms with E-state index in [-0.39, 0.29) is 22.8 Å². The molecule has 0 spiro atoms. The van der Waals surface area contributed by atoms with E-state index in [9.17, 15) is 4.39 Å². The smallest absolute Gasteiger partial charge is 0.123 e. The summed E-state index contributed by atoms with van der Waals surface area (Å²) in [4.78, 5) is 2.18. The molecule has 0 saturated heterocycles. The van der Waals surface area contributed by atoms with Crippen molar-refractivity contribution in [2.24, 2.45) is 0 Å². The van der Waals surface area contributed by atoms with Crippen LogP contribution in [0.2, 0.25) is 0 Å². The Labute approximate surface area is 161 Å². The summed E-state index contributed by atoms with van der Waals surface area (Å²) in [6, 6.07) is 13.0. The molecule has 0 radical (unpaired) electrons. The molecule has 3 rings (SSSR count). The Morgan fingerprint density at radius 3 is 2.54 bits per heavy atom. The first-order valence-corrected chi connectivity index (χ1v) is 8.64. The normalized spacial score (nSPS) is 19.2. The van der Waals surface area contributed by atoms with Crippen molar-refractivity contribution < 1.29 is 9.13 Å². The van der Waals surface area contributed by atoms with E-state index in [1.165, 1.54) is 23.3 Å². The zero-order valence-corrected chi connectivity index (χ0v) is 17.2. The van der Waals surface area contributed by atoms with E-state index < -0.39 is 5.60 Å². The lowest BCUT2D eigenvalue weighted by Crippen LogP contribution is -2.28. The van der Waals surface area contributed by atoms with Gasteiger partial charge in [0.1, 0.15) is 11.4 Å². The Bertz CT molecular complexity index is 690. The maximum absolute atomic E-state index is 13.4. The van der Waals surface area contributed by atoms with E-state index in [1.807, 2.05) is 12.1 Å². The van der Waals surface area contributed by atoms with E-state index >= 15 is 0 Å². The van der Waals surface area contributed by atoms with Crippen LogP contribution >= 0.6 is 32.9 Å². The largest absolute Gasteiger partial charge is 0.361 e. The minimum Gasteiger partial charge on any atom is -0.361 e. The molecule has 0 bridgehead atoms. The molecule has 2 aromatic carbocycles. The molecule has 5 heteroatoms. The molecule has 2 nitrogen and oxygen atoms in total. The van der Waals surface area contributed by atoms with Crippen LogP contribution in [0.25, 0.3) is 0 Å². The molecule has 0 fully saturated rings. The van der Waals surface area contributed by atoms with Gasteiger partial charge >= 0.3 is 0 Å². The Hall–Kier alpha value is -0.750. The highest BCUT2D eigenvalue weighted by Crippen LogP contribution is 2.45. The zero-order valence-electron chi connectivity index (χ0n) is 13.9. The molecule has 0 amide bonds. The van der Waals surface area contributed by atoms with Crippen molar-refractivity contribution in [1.29, 1.82) is 0 Å². The van der Waals surface area contributed by atoms with Crippen LogP contribution in [0.1, 0.15) is 29.5 Å². The van der Waals surface area contributed by atoms with Crippen LogP contribution in [-0.4, -0.2) is 25.5 Å². The summed E-state index contributed by atoms with van der Waals surface area (Å²) in [7, 11) is 4.15. The fraction of sp³-hybridized carbons (Fsp3) is 0.368. The highest BCUT2D eigenvalue weighted by Gasteiger charge is 2.41. The predicted octanol–water partition coefficient (Wildman–Crippen LogP) is 5.28. The maximum atomic E-state index is 13.4. The first-order chi connectivity index (χ1) is 11.0. The molecule has 1 heterocycles. The van der Waals surface area contributed by atoms with Gasteiger partial charge in [0.25, 0.3) is 0 Å². The molecule has 0 aliphatic carbocycles. The van der Waals surface area contributed by atoms with Crippen LogP contribution in [-0.2, 0) is 16.9 Å². The average Bonchev–Trinajstić information content (AvgIpc) is 2.87. The highest BCUT2D eigenvalue weighted by atomic mass is 79.9. The van der Waals surface area contributed by atoms with Gasteiger partial charge < -0.3 is 9.64 Å². The molecule has 0 aromatic heterocycles. The summed E-state index contributed by atoms with van der Waals surface area (Å²) >= 11 is 3.53. The number of rotatable bonds is 5. The average molecular weight is 459 g/mol. The van der Waals surface area contributed by atoms with Gasteiger partial charge in [0.15, 0.2) is 0 Å². The lowest BCUT2D eigenvalue weighted by molar-refractivity contribution is -0.0140. The second-order valence-electron chi connectivity index (χ2n) is 6.33. The third-order valence-corrected chi connectivity index (χ3v) is 4.91. The lowest BCUT2D eigenvalue weighted by Gasteiger charge is -2.31. The highest BCUT2D eigenvalue weighted by molar-refractivity contribution is 9.10. The van der Waals surface area contributed by atoms with E-state index in [2.05, 4.69) is 53.1 Å². The molecule has 130 valence electrons. The minimum atomic E-state index is -0.472. The molecular formula is C19H22Br2FNO. The number of halogens is 3. The topological polar surface area (TPSA) is 12.5 Å². The van der Waals surface area contributed by atoms with Crippen molar-refractivity contribution in [3.8, 4) is 0 Å². The quantitative estimate of drug-likeness (QED) is 0.604. The van der Waals surface area contributed by atoms with E-state index in [0.717, 1.165) is 29.4 Å². The van der Waals surface area contributed by atoms with Crippen molar-refractivity contribution in [1.82, 2.24) is 4.90 Å². The van der Waals surface area contributed by atoms with E-state index in [0.29, 0.717) is 6.61 Å². The van der Waals surface area contributed by atoms with Crippen molar-refractivity contribution in [3.05, 3.63) is 69.4 Å². The van der Waals surface area contributed by atoms with Crippen LogP contribution in [0, 0.1) is 5.82 Å². The number of hydrogen-bond donors (Lipinski definition) is 0. The maximum Gasteiger partial charge on any atom is 0.123 e. The first kappa shape index (κ1) is 19.6. The molecule has 24 heavy (non-hydrogen) atoms. The molecule has 1 unspecified atom stereocenters. The summed E-state index contributed by atoms with van der Waals surface area (Å²) in [5, 5.41) is 0. The summed E-state index contributed by atoms with van der Waals surface area (Å²) in [6.45, 7) is 1.59. The van der Waals surface area contributed by atoms with Gasteiger partial charge in [-0.25, -0.2) is 4.39 Å². The van der Waals surface area contributed by atoms with Crippen LogP contribution in [0.4, 0.5) is 4.39 Å². The van der Waals surface area contributed by atoms with Crippen LogP contribution in [0.5, 0.6) is 0 Å². The van der Waals surface area contributed by atoms with Gasteiger partial charge in [-0.15, -0.1) is 17.0 Å². The third-order valence-electron chi connectivity index (χ3n) is 4.42. The molecule has 1 atom stereocenters. The van der Waals surface area contributed by atoms with Gasteiger partial charge in [-0.2, -0.15) is 0 Å². The summed E-state index contributed by atoms with van der Waals surface area (Å²) < 4.78 is 20.7. The number of fused-ring (bicyclic) bond motifs is 1. The van der Waals surface area contributed by atoms with E-state index in [4.69, 9.17) is 4.74 Å². The van der Waals surface area contributed by atoms with Gasteiger partial charge in [-0.3, -0.25) is 0 Å². The summed E-state index contributed by atoms with van der Waals surface area (Å²) in [5.41, 5.74) is 2.96. The number of hydrogen-bond acceptors (Lipinski definition) is 2. The zero-order chi connectivity index (χ0) is 16.4. The van der Waals surface area contributed by atoms with E-state index in [1.54, 1.807) is 0 Å². The molecule has 0 saturated carbocycles. The van der Waals surface area contributed by atoms with Gasteiger partial charge in [0.2, 0.25) is 0 Å². The molecule has 1 aliphatic rings. The molecule has 2 aromatic rings.